The van der Waals surface area contributed by atoms with Gasteiger partial charge >= 0.3 is 0 Å². The minimum Gasteiger partial charge on any atom is -0.395 e. The van der Waals surface area contributed by atoms with Gasteiger partial charge in [-0.25, -0.2) is 0 Å². The van der Waals surface area contributed by atoms with Crippen molar-refractivity contribution in [1.29, 1.82) is 0 Å². The fourth-order valence-corrected chi connectivity index (χ4v) is 2.73. The molecule has 0 spiro atoms. The third-order valence-corrected chi connectivity index (χ3v) is 4.09. The maximum absolute atomic E-state index is 8.67. The van der Waals surface area contributed by atoms with Crippen molar-refractivity contribution in [2.45, 2.75) is 19.3 Å². The second-order valence-electron chi connectivity index (χ2n) is 3.89. The van der Waals surface area contributed by atoms with Crippen LogP contribution in [0.5, 0.6) is 0 Å². The first-order valence-electron chi connectivity index (χ1n) is 4.63. The number of halogens is 1. The second-order valence-corrected chi connectivity index (χ2v) is 6.35. The van der Waals surface area contributed by atoms with Crippen LogP contribution in [-0.4, -0.2) is 24.8 Å². The fourth-order valence-electron chi connectivity index (χ4n) is 1.25. The summed E-state index contributed by atoms with van der Waals surface area (Å²) in [4.78, 5) is 1.36. The molecule has 0 saturated heterocycles. The molecule has 0 atom stereocenters. The highest BCUT2D eigenvalue weighted by Gasteiger charge is 2.21. The molecule has 2 nitrogen and oxygen atoms in total. The van der Waals surface area contributed by atoms with Gasteiger partial charge in [0.25, 0.3) is 0 Å². The van der Waals surface area contributed by atoms with Crippen LogP contribution in [0.25, 0.3) is 0 Å². The summed E-state index contributed by atoms with van der Waals surface area (Å²) in [5.74, 6) is 0. The lowest BCUT2D eigenvalue weighted by atomic mass is 9.91. The van der Waals surface area contributed by atoms with E-state index in [4.69, 9.17) is 5.11 Å². The minimum atomic E-state index is 0.131. The zero-order chi connectivity index (χ0) is 10.6. The number of thiophene rings is 1. The minimum absolute atomic E-state index is 0.131. The summed E-state index contributed by atoms with van der Waals surface area (Å²) >= 11 is 5.23. The molecule has 0 fully saturated rings. The maximum atomic E-state index is 8.67. The van der Waals surface area contributed by atoms with Crippen molar-refractivity contribution < 1.29 is 5.11 Å². The van der Waals surface area contributed by atoms with E-state index in [2.05, 4.69) is 47.2 Å². The highest BCUT2D eigenvalue weighted by Crippen LogP contribution is 2.32. The lowest BCUT2D eigenvalue weighted by molar-refractivity contribution is 0.287. The van der Waals surface area contributed by atoms with Gasteiger partial charge in [-0.05, 0) is 28.1 Å². The quantitative estimate of drug-likeness (QED) is 0.810. The number of rotatable bonds is 5. The van der Waals surface area contributed by atoms with E-state index in [9.17, 15) is 0 Å². The molecule has 0 aliphatic heterocycles. The van der Waals surface area contributed by atoms with Crippen molar-refractivity contribution in [3.8, 4) is 0 Å². The largest absolute Gasteiger partial charge is 0.395 e. The van der Waals surface area contributed by atoms with Crippen molar-refractivity contribution in [3.05, 3.63) is 20.8 Å². The van der Waals surface area contributed by atoms with Crippen LogP contribution in [0.4, 0.5) is 0 Å². The molecule has 1 aromatic heterocycles. The molecule has 0 unspecified atom stereocenters. The summed E-state index contributed by atoms with van der Waals surface area (Å²) in [5.41, 5.74) is 0.131. The van der Waals surface area contributed by atoms with Crippen LogP contribution >= 0.6 is 27.3 Å². The first-order chi connectivity index (χ1) is 6.56. The van der Waals surface area contributed by atoms with Crippen LogP contribution in [-0.2, 0) is 5.41 Å². The number of aliphatic hydroxyl groups is 1. The maximum Gasteiger partial charge on any atom is 0.0701 e. The lowest BCUT2D eigenvalue weighted by Crippen LogP contribution is -2.33. The Morgan fingerprint density at radius 1 is 1.50 bits per heavy atom. The molecule has 4 heteroatoms. The molecule has 0 saturated carbocycles. The van der Waals surface area contributed by atoms with E-state index < -0.39 is 0 Å². The number of nitrogens with one attached hydrogen (secondary N) is 1. The molecule has 0 aromatic carbocycles. The van der Waals surface area contributed by atoms with Gasteiger partial charge in [-0.3, -0.25) is 0 Å². The highest BCUT2D eigenvalue weighted by molar-refractivity contribution is 9.11. The van der Waals surface area contributed by atoms with Gasteiger partial charge in [-0.2, -0.15) is 0 Å². The molecule has 80 valence electrons. The van der Waals surface area contributed by atoms with Crippen LogP contribution in [0.1, 0.15) is 18.7 Å². The Morgan fingerprint density at radius 2 is 2.21 bits per heavy atom. The Bertz CT molecular complexity index is 285. The Kier molecular flexibility index (Phi) is 4.57. The van der Waals surface area contributed by atoms with Crippen molar-refractivity contribution in [3.63, 3.8) is 0 Å². The Labute approximate surface area is 97.5 Å². The molecular formula is C10H16BrNOS. The topological polar surface area (TPSA) is 32.3 Å². The van der Waals surface area contributed by atoms with Crippen LogP contribution < -0.4 is 5.32 Å². The summed E-state index contributed by atoms with van der Waals surface area (Å²) in [6.45, 7) is 6.16. The summed E-state index contributed by atoms with van der Waals surface area (Å²) in [5, 5.41) is 11.9. The predicted molar refractivity (Wildman–Crippen MR) is 65.0 cm³/mol. The van der Waals surface area contributed by atoms with E-state index in [1.54, 1.807) is 11.3 Å². The van der Waals surface area contributed by atoms with Crippen LogP contribution in [0.15, 0.2) is 15.9 Å². The Hall–Kier alpha value is 0.1000. The monoisotopic (exact) mass is 277 g/mol. The van der Waals surface area contributed by atoms with Crippen molar-refractivity contribution in [2.75, 3.05) is 19.7 Å². The lowest BCUT2D eigenvalue weighted by Gasteiger charge is -2.23. The molecule has 14 heavy (non-hydrogen) atoms. The number of aliphatic hydroxyl groups excluding tert-OH is 1. The van der Waals surface area contributed by atoms with Gasteiger partial charge in [0.15, 0.2) is 0 Å². The van der Waals surface area contributed by atoms with Gasteiger partial charge in [0.05, 0.1) is 10.4 Å². The van der Waals surface area contributed by atoms with Crippen molar-refractivity contribution >= 4 is 27.3 Å². The normalized spacial score (nSPS) is 12.0. The molecule has 0 amide bonds. The van der Waals surface area contributed by atoms with E-state index in [1.807, 2.05) is 0 Å². The van der Waals surface area contributed by atoms with E-state index >= 15 is 0 Å². The van der Waals surface area contributed by atoms with Gasteiger partial charge in [0, 0.05) is 23.4 Å². The molecule has 1 rings (SSSR count). The molecule has 0 aliphatic rings. The van der Waals surface area contributed by atoms with Crippen LogP contribution in [0.3, 0.4) is 0 Å². The Morgan fingerprint density at radius 3 is 2.71 bits per heavy atom. The van der Waals surface area contributed by atoms with Gasteiger partial charge in [0.1, 0.15) is 0 Å². The van der Waals surface area contributed by atoms with E-state index in [1.165, 1.54) is 8.66 Å². The predicted octanol–water partition coefficient (Wildman–Crippen LogP) is 2.37. The molecule has 2 N–H and O–H groups in total. The standard InChI is InChI=1S/C10H16BrNOS/c1-10(2,7-12-5-6-13)8-3-4-9(11)14-8/h3-4,12-13H,5-7H2,1-2H3. The first kappa shape index (κ1) is 12.2. The third kappa shape index (κ3) is 3.35. The van der Waals surface area contributed by atoms with Gasteiger partial charge < -0.3 is 10.4 Å². The van der Waals surface area contributed by atoms with Crippen LogP contribution in [0.2, 0.25) is 0 Å². The third-order valence-electron chi connectivity index (χ3n) is 2.10. The summed E-state index contributed by atoms with van der Waals surface area (Å²) < 4.78 is 1.17. The number of hydrogen-bond donors (Lipinski definition) is 2. The first-order valence-corrected chi connectivity index (χ1v) is 6.24. The Balaban J connectivity index is 2.56. The van der Waals surface area contributed by atoms with Crippen molar-refractivity contribution in [1.82, 2.24) is 5.32 Å². The van der Waals surface area contributed by atoms with E-state index in [0.717, 1.165) is 6.54 Å². The van der Waals surface area contributed by atoms with Crippen LogP contribution in [0, 0.1) is 0 Å². The summed E-state index contributed by atoms with van der Waals surface area (Å²) in [6, 6.07) is 4.23. The summed E-state index contributed by atoms with van der Waals surface area (Å²) in [6.07, 6.45) is 0. The molecule has 0 radical (unpaired) electrons. The zero-order valence-electron chi connectivity index (χ0n) is 8.51. The van der Waals surface area contributed by atoms with Gasteiger partial charge in [0.2, 0.25) is 0 Å². The SMILES string of the molecule is CC(C)(CNCCO)c1ccc(Br)s1. The van der Waals surface area contributed by atoms with Gasteiger partial charge in [-0.1, -0.05) is 13.8 Å². The number of hydrogen-bond acceptors (Lipinski definition) is 3. The van der Waals surface area contributed by atoms with E-state index in [0.29, 0.717) is 6.54 Å². The molecule has 1 heterocycles. The second kappa shape index (κ2) is 5.26. The van der Waals surface area contributed by atoms with Gasteiger partial charge in [-0.15, -0.1) is 11.3 Å². The zero-order valence-corrected chi connectivity index (χ0v) is 10.9. The molecule has 0 bridgehead atoms. The molecular weight excluding hydrogens is 262 g/mol. The van der Waals surface area contributed by atoms with Crippen molar-refractivity contribution in [2.24, 2.45) is 0 Å². The average Bonchev–Trinajstić information content (AvgIpc) is 2.53. The molecule has 1 aromatic rings. The average molecular weight is 278 g/mol. The molecule has 0 aliphatic carbocycles. The fraction of sp³-hybridized carbons (Fsp3) is 0.600. The summed E-state index contributed by atoms with van der Waals surface area (Å²) in [7, 11) is 0. The highest BCUT2D eigenvalue weighted by atomic mass is 79.9. The van der Waals surface area contributed by atoms with E-state index in [-0.39, 0.29) is 12.0 Å². The smallest absolute Gasteiger partial charge is 0.0701 e.